The molecule has 1 fully saturated rings. The van der Waals surface area contributed by atoms with E-state index in [9.17, 15) is 0 Å². The molecule has 1 heterocycles. The van der Waals surface area contributed by atoms with Crippen molar-refractivity contribution in [3.63, 3.8) is 0 Å². The van der Waals surface area contributed by atoms with E-state index in [-0.39, 0.29) is 11.7 Å². The molecule has 3 heteroatoms. The summed E-state index contributed by atoms with van der Waals surface area (Å²) in [6.45, 7) is 11.4. The molecule has 1 unspecified atom stereocenters. The van der Waals surface area contributed by atoms with Gasteiger partial charge in [0.2, 0.25) is 0 Å². The van der Waals surface area contributed by atoms with Crippen LogP contribution in [0.5, 0.6) is 0 Å². The van der Waals surface area contributed by atoms with Crippen LogP contribution in [0.1, 0.15) is 47.0 Å². The molecule has 0 bridgehead atoms. The molecule has 0 aromatic rings. The van der Waals surface area contributed by atoms with Crippen molar-refractivity contribution < 1.29 is 9.47 Å². The van der Waals surface area contributed by atoms with Gasteiger partial charge in [-0.25, -0.2) is 0 Å². The Labute approximate surface area is 99.9 Å². The van der Waals surface area contributed by atoms with Crippen LogP contribution in [0.15, 0.2) is 0 Å². The van der Waals surface area contributed by atoms with Gasteiger partial charge in [0.05, 0.1) is 13.2 Å². The third-order valence-electron chi connectivity index (χ3n) is 2.91. The minimum atomic E-state index is -0.00523. The van der Waals surface area contributed by atoms with E-state index in [0.717, 1.165) is 26.2 Å². The van der Waals surface area contributed by atoms with Crippen molar-refractivity contribution in [1.82, 2.24) is 5.32 Å². The number of nitrogens with one attached hydrogen (secondary N) is 1. The van der Waals surface area contributed by atoms with Crippen molar-refractivity contribution in [2.75, 3.05) is 19.8 Å². The smallest absolute Gasteiger partial charge is 0.158 e. The van der Waals surface area contributed by atoms with Gasteiger partial charge in [-0.05, 0) is 13.3 Å². The normalized spacial score (nSPS) is 23.2. The lowest BCUT2D eigenvalue weighted by Gasteiger charge is -2.34. The van der Waals surface area contributed by atoms with Crippen molar-refractivity contribution in [3.8, 4) is 0 Å². The van der Waals surface area contributed by atoms with Crippen LogP contribution in [0, 0.1) is 5.41 Å². The Morgan fingerprint density at radius 1 is 1.31 bits per heavy atom. The van der Waals surface area contributed by atoms with Gasteiger partial charge < -0.3 is 14.8 Å². The SMILES string of the molecule is CCCC(C)NCCC1OCC(C)(C)CO1. The summed E-state index contributed by atoms with van der Waals surface area (Å²) < 4.78 is 11.3. The van der Waals surface area contributed by atoms with E-state index in [1.807, 2.05) is 0 Å². The average molecular weight is 229 g/mol. The quantitative estimate of drug-likeness (QED) is 0.759. The maximum absolute atomic E-state index is 5.67. The summed E-state index contributed by atoms with van der Waals surface area (Å²) in [5.41, 5.74) is 0.180. The summed E-state index contributed by atoms with van der Waals surface area (Å²) in [5, 5.41) is 3.49. The number of ether oxygens (including phenoxy) is 2. The number of hydrogen-bond donors (Lipinski definition) is 1. The first kappa shape index (κ1) is 13.9. The molecule has 0 aromatic carbocycles. The van der Waals surface area contributed by atoms with E-state index in [4.69, 9.17) is 9.47 Å². The predicted molar refractivity (Wildman–Crippen MR) is 66.5 cm³/mol. The van der Waals surface area contributed by atoms with E-state index in [0.29, 0.717) is 6.04 Å². The molecule has 1 atom stereocenters. The van der Waals surface area contributed by atoms with Crippen molar-refractivity contribution >= 4 is 0 Å². The molecular formula is C13H27NO2. The molecule has 16 heavy (non-hydrogen) atoms. The van der Waals surface area contributed by atoms with Crippen LogP contribution in [0.4, 0.5) is 0 Å². The second-order valence-electron chi connectivity index (χ2n) is 5.65. The van der Waals surface area contributed by atoms with Crippen molar-refractivity contribution in [1.29, 1.82) is 0 Å². The molecule has 96 valence electrons. The van der Waals surface area contributed by atoms with Crippen molar-refractivity contribution in [2.45, 2.75) is 59.3 Å². The monoisotopic (exact) mass is 229 g/mol. The van der Waals surface area contributed by atoms with Crippen LogP contribution in [0.25, 0.3) is 0 Å². The van der Waals surface area contributed by atoms with Gasteiger partial charge in [0.15, 0.2) is 6.29 Å². The fraction of sp³-hybridized carbons (Fsp3) is 1.00. The maximum Gasteiger partial charge on any atom is 0.158 e. The lowest BCUT2D eigenvalue weighted by atomic mass is 9.95. The molecule has 0 spiro atoms. The summed E-state index contributed by atoms with van der Waals surface area (Å²) in [4.78, 5) is 0. The highest BCUT2D eigenvalue weighted by Gasteiger charge is 2.27. The van der Waals surface area contributed by atoms with E-state index in [2.05, 4.69) is 33.0 Å². The molecule has 1 rings (SSSR count). The predicted octanol–water partition coefficient (Wildman–Crippen LogP) is 2.55. The highest BCUT2D eigenvalue weighted by atomic mass is 16.7. The highest BCUT2D eigenvalue weighted by Crippen LogP contribution is 2.23. The Morgan fingerprint density at radius 3 is 2.50 bits per heavy atom. The lowest BCUT2D eigenvalue weighted by molar-refractivity contribution is -0.223. The first-order chi connectivity index (χ1) is 7.53. The first-order valence-corrected chi connectivity index (χ1v) is 6.50. The highest BCUT2D eigenvalue weighted by molar-refractivity contribution is 4.71. The topological polar surface area (TPSA) is 30.5 Å². The zero-order valence-electron chi connectivity index (χ0n) is 11.2. The van der Waals surface area contributed by atoms with Gasteiger partial charge in [-0.2, -0.15) is 0 Å². The van der Waals surface area contributed by atoms with Crippen LogP contribution in [-0.2, 0) is 9.47 Å². The average Bonchev–Trinajstić information content (AvgIpc) is 2.21. The van der Waals surface area contributed by atoms with Gasteiger partial charge in [0.25, 0.3) is 0 Å². The molecular weight excluding hydrogens is 202 g/mol. The zero-order chi connectivity index (χ0) is 12.0. The summed E-state index contributed by atoms with van der Waals surface area (Å²) in [6, 6.07) is 0.602. The molecule has 1 saturated heterocycles. The first-order valence-electron chi connectivity index (χ1n) is 6.50. The maximum atomic E-state index is 5.67. The third-order valence-corrected chi connectivity index (χ3v) is 2.91. The fourth-order valence-electron chi connectivity index (χ4n) is 1.88. The van der Waals surface area contributed by atoms with E-state index in [1.165, 1.54) is 12.8 Å². The second-order valence-corrected chi connectivity index (χ2v) is 5.65. The Balaban J connectivity index is 2.06. The van der Waals surface area contributed by atoms with E-state index < -0.39 is 0 Å². The lowest BCUT2D eigenvalue weighted by Crippen LogP contribution is -2.39. The van der Waals surface area contributed by atoms with Crippen LogP contribution < -0.4 is 5.32 Å². The van der Waals surface area contributed by atoms with E-state index in [1.54, 1.807) is 0 Å². The molecule has 0 aromatic heterocycles. The van der Waals surface area contributed by atoms with Gasteiger partial charge in [0, 0.05) is 24.4 Å². The second kappa shape index (κ2) is 6.58. The number of rotatable bonds is 6. The van der Waals surface area contributed by atoms with Gasteiger partial charge in [-0.15, -0.1) is 0 Å². The molecule has 0 aliphatic carbocycles. The fourth-order valence-corrected chi connectivity index (χ4v) is 1.88. The zero-order valence-corrected chi connectivity index (χ0v) is 11.2. The molecule has 1 N–H and O–H groups in total. The minimum Gasteiger partial charge on any atom is -0.352 e. The van der Waals surface area contributed by atoms with Crippen molar-refractivity contribution in [3.05, 3.63) is 0 Å². The third kappa shape index (κ3) is 5.28. The number of hydrogen-bond acceptors (Lipinski definition) is 3. The van der Waals surface area contributed by atoms with E-state index >= 15 is 0 Å². The minimum absolute atomic E-state index is 0.00523. The van der Waals surface area contributed by atoms with Gasteiger partial charge in [-0.3, -0.25) is 0 Å². The summed E-state index contributed by atoms with van der Waals surface area (Å²) >= 11 is 0. The molecule has 1 aliphatic heterocycles. The molecule has 0 amide bonds. The molecule has 1 aliphatic rings. The Kier molecular flexibility index (Phi) is 5.73. The summed E-state index contributed by atoms with van der Waals surface area (Å²) in [7, 11) is 0. The van der Waals surface area contributed by atoms with Crippen LogP contribution in [0.3, 0.4) is 0 Å². The molecule has 0 radical (unpaired) electrons. The van der Waals surface area contributed by atoms with Gasteiger partial charge in [-0.1, -0.05) is 27.2 Å². The summed E-state index contributed by atoms with van der Waals surface area (Å²) in [6.07, 6.45) is 3.41. The van der Waals surface area contributed by atoms with Crippen molar-refractivity contribution in [2.24, 2.45) is 5.41 Å². The van der Waals surface area contributed by atoms with Gasteiger partial charge >= 0.3 is 0 Å². The van der Waals surface area contributed by atoms with Gasteiger partial charge in [0.1, 0.15) is 0 Å². The van der Waals surface area contributed by atoms with Crippen LogP contribution in [-0.4, -0.2) is 32.1 Å². The summed E-state index contributed by atoms with van der Waals surface area (Å²) in [5.74, 6) is 0. The molecule has 0 saturated carbocycles. The van der Waals surface area contributed by atoms with Crippen LogP contribution >= 0.6 is 0 Å². The Hall–Kier alpha value is -0.120. The largest absolute Gasteiger partial charge is 0.352 e. The standard InChI is InChI=1S/C13H27NO2/c1-5-6-11(2)14-8-7-12-15-9-13(3,4)10-16-12/h11-12,14H,5-10H2,1-4H3. The Bertz CT molecular complexity index is 184. The molecule has 3 nitrogen and oxygen atoms in total. The van der Waals surface area contributed by atoms with Crippen LogP contribution in [0.2, 0.25) is 0 Å². The Morgan fingerprint density at radius 2 is 1.94 bits per heavy atom.